The van der Waals surface area contributed by atoms with Gasteiger partial charge in [0, 0.05) is 30.6 Å². The highest BCUT2D eigenvalue weighted by Crippen LogP contribution is 2.36. The molecular weight excluding hydrogens is 452 g/mol. The number of thiophene rings is 1. The topological polar surface area (TPSA) is 96.2 Å². The third-order valence-corrected chi connectivity index (χ3v) is 7.92. The first-order chi connectivity index (χ1) is 16.3. The molecule has 5 rings (SSSR count). The van der Waals surface area contributed by atoms with E-state index in [9.17, 15) is 14.7 Å². The van der Waals surface area contributed by atoms with E-state index >= 15 is 0 Å². The number of aliphatic hydroxyl groups excluding tert-OH is 1. The molecule has 0 bridgehead atoms. The summed E-state index contributed by atoms with van der Waals surface area (Å²) in [7, 11) is 1.63. The smallest absolute Gasteiger partial charge is 0.261 e. The van der Waals surface area contributed by atoms with E-state index in [1.165, 1.54) is 11.3 Å². The van der Waals surface area contributed by atoms with Crippen molar-refractivity contribution in [2.24, 2.45) is 0 Å². The zero-order valence-corrected chi connectivity index (χ0v) is 20.3. The molecule has 0 saturated carbocycles. The summed E-state index contributed by atoms with van der Waals surface area (Å²) < 4.78 is 8.87. The van der Waals surface area contributed by atoms with Crippen LogP contribution in [0.3, 0.4) is 0 Å². The number of nitrogens with zero attached hydrogens (tertiary/aromatic N) is 3. The molecule has 9 heteroatoms. The van der Waals surface area contributed by atoms with Crippen molar-refractivity contribution in [3.63, 3.8) is 0 Å². The van der Waals surface area contributed by atoms with Crippen molar-refractivity contribution in [3.05, 3.63) is 58.2 Å². The molecule has 0 spiro atoms. The van der Waals surface area contributed by atoms with Gasteiger partial charge < -0.3 is 20.1 Å². The molecule has 2 amide bonds. The van der Waals surface area contributed by atoms with E-state index in [2.05, 4.69) is 10.4 Å². The minimum Gasteiger partial charge on any atom is -0.455 e. The number of likely N-dealkylation sites (tertiary alicyclic amines) is 1. The van der Waals surface area contributed by atoms with Crippen LogP contribution in [0.4, 0.5) is 0 Å². The molecule has 1 aliphatic rings. The van der Waals surface area contributed by atoms with E-state index in [0.29, 0.717) is 40.4 Å². The van der Waals surface area contributed by atoms with Crippen LogP contribution in [-0.4, -0.2) is 57.2 Å². The number of rotatable bonds is 4. The summed E-state index contributed by atoms with van der Waals surface area (Å²) in [6.45, 7) is 6.22. The molecule has 4 aromatic rings. The van der Waals surface area contributed by atoms with E-state index < -0.39 is 6.10 Å². The van der Waals surface area contributed by atoms with Gasteiger partial charge in [-0.2, -0.15) is 5.10 Å². The Hall–Kier alpha value is -3.43. The third-order valence-electron chi connectivity index (χ3n) is 6.67. The zero-order valence-electron chi connectivity index (χ0n) is 19.5. The first kappa shape index (κ1) is 22.4. The highest BCUT2D eigenvalue weighted by Gasteiger charge is 2.34. The van der Waals surface area contributed by atoms with Crippen LogP contribution in [0.1, 0.15) is 44.5 Å². The fourth-order valence-corrected chi connectivity index (χ4v) is 5.80. The molecule has 1 aromatic carbocycles. The number of aromatic nitrogens is 2. The lowest BCUT2D eigenvalue weighted by Gasteiger charge is -2.22. The zero-order chi connectivity index (χ0) is 24.1. The number of ether oxygens (including phenoxy) is 1. The van der Waals surface area contributed by atoms with Gasteiger partial charge in [-0.3, -0.25) is 9.59 Å². The molecule has 2 atom stereocenters. The number of amides is 2. The minimum absolute atomic E-state index is 0.0992. The van der Waals surface area contributed by atoms with Crippen LogP contribution in [0, 0.1) is 13.8 Å². The maximum Gasteiger partial charge on any atom is 0.261 e. The third kappa shape index (κ3) is 3.52. The fourth-order valence-electron chi connectivity index (χ4n) is 4.61. The van der Waals surface area contributed by atoms with Crippen molar-refractivity contribution >= 4 is 38.8 Å². The van der Waals surface area contributed by atoms with Gasteiger partial charge >= 0.3 is 0 Å². The van der Waals surface area contributed by atoms with Gasteiger partial charge in [-0.25, -0.2) is 4.52 Å². The lowest BCUT2D eigenvalue weighted by Crippen LogP contribution is -2.37. The lowest BCUT2D eigenvalue weighted by molar-refractivity contribution is 0.0666. The largest absolute Gasteiger partial charge is 0.455 e. The van der Waals surface area contributed by atoms with Gasteiger partial charge in [0.1, 0.15) is 11.3 Å². The molecule has 0 unspecified atom stereocenters. The van der Waals surface area contributed by atoms with Gasteiger partial charge in [-0.05, 0) is 61.9 Å². The highest BCUT2D eigenvalue weighted by atomic mass is 32.1. The standard InChI is InChI=1S/C25H26N4O4S/c1-13-18(25(32)28-10-8-19(30)15(28)3)12-29-22(13)20(7-9-27-29)33-16-5-6-17-14(2)23(24(31)26-4)34-21(17)11-16/h5-7,9,11-12,15,19,30H,8,10H2,1-4H3,(H,26,31)/t15-,19-/m1/s1. The van der Waals surface area contributed by atoms with Crippen molar-refractivity contribution in [1.29, 1.82) is 0 Å². The summed E-state index contributed by atoms with van der Waals surface area (Å²) in [6, 6.07) is 7.32. The molecule has 0 radical (unpaired) electrons. The second-order valence-corrected chi connectivity index (χ2v) is 9.70. The average Bonchev–Trinajstić information content (AvgIpc) is 3.47. The molecule has 8 nitrogen and oxygen atoms in total. The maximum atomic E-state index is 13.2. The SMILES string of the molecule is CNC(=O)c1sc2cc(Oc3ccnn4cc(C(=O)N5CC[C@@H](O)[C@H]5C)c(C)c34)ccc2c1C. The number of fused-ring (bicyclic) bond motifs is 2. The Labute approximate surface area is 200 Å². The van der Waals surface area contributed by atoms with E-state index in [0.717, 1.165) is 21.2 Å². The van der Waals surface area contributed by atoms with Crippen LogP contribution >= 0.6 is 11.3 Å². The number of hydrogen-bond acceptors (Lipinski definition) is 6. The Morgan fingerprint density at radius 3 is 2.74 bits per heavy atom. The number of carbonyl (C=O) groups excluding carboxylic acids is 2. The van der Waals surface area contributed by atoms with Crippen LogP contribution in [-0.2, 0) is 0 Å². The van der Waals surface area contributed by atoms with Crippen LogP contribution in [0.5, 0.6) is 11.5 Å². The van der Waals surface area contributed by atoms with Gasteiger partial charge in [0.25, 0.3) is 11.8 Å². The summed E-state index contributed by atoms with van der Waals surface area (Å²) >= 11 is 1.43. The van der Waals surface area contributed by atoms with Crippen molar-refractivity contribution < 1.29 is 19.4 Å². The van der Waals surface area contributed by atoms with E-state index in [1.807, 2.05) is 39.0 Å². The summed E-state index contributed by atoms with van der Waals surface area (Å²) in [5, 5.41) is 18.1. The molecule has 176 valence electrons. The lowest BCUT2D eigenvalue weighted by atomic mass is 10.1. The van der Waals surface area contributed by atoms with Crippen molar-refractivity contribution in [1.82, 2.24) is 19.8 Å². The van der Waals surface area contributed by atoms with Crippen molar-refractivity contribution in [2.75, 3.05) is 13.6 Å². The Kier molecular flexibility index (Phi) is 5.53. The molecule has 1 fully saturated rings. The normalized spacial score (nSPS) is 18.1. The number of nitrogens with one attached hydrogen (secondary N) is 1. The first-order valence-corrected chi connectivity index (χ1v) is 12.0. The number of aryl methyl sites for hydroxylation is 2. The summed E-state index contributed by atoms with van der Waals surface area (Å²) in [6.07, 6.45) is 3.44. The summed E-state index contributed by atoms with van der Waals surface area (Å²) in [5.41, 5.74) is 2.98. The fraction of sp³-hybridized carbons (Fsp3) is 0.320. The van der Waals surface area contributed by atoms with Gasteiger partial charge in [0.2, 0.25) is 0 Å². The molecule has 1 saturated heterocycles. The molecule has 1 aliphatic heterocycles. The highest BCUT2D eigenvalue weighted by molar-refractivity contribution is 7.21. The Bertz CT molecular complexity index is 1440. The Morgan fingerprint density at radius 1 is 1.24 bits per heavy atom. The number of hydrogen-bond donors (Lipinski definition) is 2. The van der Waals surface area contributed by atoms with Crippen LogP contribution < -0.4 is 10.1 Å². The van der Waals surface area contributed by atoms with Gasteiger partial charge in [-0.15, -0.1) is 11.3 Å². The summed E-state index contributed by atoms with van der Waals surface area (Å²) in [5.74, 6) is 1.00. The predicted molar refractivity (Wildman–Crippen MR) is 131 cm³/mol. The molecule has 3 aromatic heterocycles. The second-order valence-electron chi connectivity index (χ2n) is 8.65. The number of aliphatic hydroxyl groups is 1. The van der Waals surface area contributed by atoms with Gasteiger partial charge in [-0.1, -0.05) is 0 Å². The Balaban J connectivity index is 1.50. The predicted octanol–water partition coefficient (Wildman–Crippen LogP) is 3.91. The molecule has 2 N–H and O–H groups in total. The van der Waals surface area contributed by atoms with E-state index in [1.54, 1.807) is 34.9 Å². The molecule has 34 heavy (non-hydrogen) atoms. The monoisotopic (exact) mass is 478 g/mol. The molecule has 4 heterocycles. The molecule has 0 aliphatic carbocycles. The van der Waals surface area contributed by atoms with Crippen LogP contribution in [0.2, 0.25) is 0 Å². The van der Waals surface area contributed by atoms with Crippen LogP contribution in [0.25, 0.3) is 15.6 Å². The number of carbonyl (C=O) groups is 2. The van der Waals surface area contributed by atoms with Crippen molar-refractivity contribution in [3.8, 4) is 11.5 Å². The number of benzene rings is 1. The van der Waals surface area contributed by atoms with E-state index in [-0.39, 0.29) is 17.9 Å². The average molecular weight is 479 g/mol. The maximum absolute atomic E-state index is 13.2. The second kappa shape index (κ2) is 8.41. The summed E-state index contributed by atoms with van der Waals surface area (Å²) in [4.78, 5) is 27.8. The first-order valence-electron chi connectivity index (χ1n) is 11.2. The van der Waals surface area contributed by atoms with Gasteiger partial charge in [0.05, 0.1) is 28.8 Å². The minimum atomic E-state index is -0.502. The van der Waals surface area contributed by atoms with Crippen molar-refractivity contribution in [2.45, 2.75) is 39.3 Å². The Morgan fingerprint density at radius 2 is 2.03 bits per heavy atom. The van der Waals surface area contributed by atoms with Gasteiger partial charge in [0.15, 0.2) is 5.75 Å². The quantitative estimate of drug-likeness (QED) is 0.464. The van der Waals surface area contributed by atoms with E-state index in [4.69, 9.17) is 4.74 Å². The molecular formula is C25H26N4O4S. The van der Waals surface area contributed by atoms with Crippen LogP contribution in [0.15, 0.2) is 36.7 Å².